The zero-order valence-corrected chi connectivity index (χ0v) is 16.9. The van der Waals surface area contributed by atoms with Crippen LogP contribution in [0.4, 0.5) is 15.8 Å². The molecule has 0 aliphatic carbocycles. The number of nitrogen functional groups attached to an aromatic ring is 1. The molecule has 1 aromatic carbocycles. The maximum Gasteiger partial charge on any atom is 0.320 e. The molecule has 1 aromatic rings. The van der Waals surface area contributed by atoms with Crippen LogP contribution >= 0.6 is 0 Å². The average Bonchev–Trinajstić information content (AvgIpc) is 2.68. The van der Waals surface area contributed by atoms with Crippen molar-refractivity contribution in [2.45, 2.75) is 26.2 Å². The highest BCUT2D eigenvalue weighted by molar-refractivity contribution is 5.71. The van der Waals surface area contributed by atoms with Crippen molar-refractivity contribution in [3.05, 3.63) is 24.0 Å². The van der Waals surface area contributed by atoms with E-state index in [1.807, 2.05) is 6.92 Å². The Hall–Kier alpha value is -1.86. The Morgan fingerprint density at radius 1 is 1.14 bits per heavy atom. The summed E-state index contributed by atoms with van der Waals surface area (Å²) in [7, 11) is 0. The number of nitrogens with zero attached hydrogens (tertiary/aromatic N) is 3. The minimum atomic E-state index is -0.223. The van der Waals surface area contributed by atoms with Gasteiger partial charge < -0.3 is 20.3 Å². The third-order valence-electron chi connectivity index (χ3n) is 5.90. The van der Waals surface area contributed by atoms with Crippen molar-refractivity contribution in [2.24, 2.45) is 5.92 Å². The van der Waals surface area contributed by atoms with Gasteiger partial charge in [0.15, 0.2) is 0 Å². The molecule has 156 valence electrons. The zero-order valence-electron chi connectivity index (χ0n) is 16.9. The van der Waals surface area contributed by atoms with Gasteiger partial charge in [0.2, 0.25) is 0 Å². The molecule has 7 heteroatoms. The quantitative estimate of drug-likeness (QED) is 0.567. The molecule has 0 saturated carbocycles. The number of anilines is 2. The summed E-state index contributed by atoms with van der Waals surface area (Å²) in [6.45, 7) is 9.47. The molecule has 0 aromatic heterocycles. The van der Waals surface area contributed by atoms with E-state index in [9.17, 15) is 9.18 Å². The van der Waals surface area contributed by atoms with Gasteiger partial charge in [0.25, 0.3) is 0 Å². The van der Waals surface area contributed by atoms with E-state index in [1.54, 1.807) is 12.1 Å². The van der Waals surface area contributed by atoms with E-state index >= 15 is 0 Å². The summed E-state index contributed by atoms with van der Waals surface area (Å²) in [6, 6.07) is 4.97. The summed E-state index contributed by atoms with van der Waals surface area (Å²) in [5.74, 6) is 0.352. The van der Waals surface area contributed by atoms with E-state index < -0.39 is 0 Å². The fourth-order valence-electron chi connectivity index (χ4n) is 4.17. The fraction of sp³-hybridized carbons (Fsp3) is 0.667. The lowest BCUT2D eigenvalue weighted by atomic mass is 9.93. The molecule has 0 radical (unpaired) electrons. The Morgan fingerprint density at radius 2 is 1.82 bits per heavy atom. The van der Waals surface area contributed by atoms with Gasteiger partial charge in [-0.15, -0.1) is 0 Å². The number of carbonyl (C=O) groups is 1. The number of carbonyl (C=O) groups excluding carboxylic acids is 1. The molecule has 0 unspecified atom stereocenters. The Labute approximate surface area is 167 Å². The van der Waals surface area contributed by atoms with Crippen LogP contribution in [-0.2, 0) is 9.53 Å². The molecule has 2 heterocycles. The number of benzene rings is 1. The van der Waals surface area contributed by atoms with Crippen LogP contribution in [0.25, 0.3) is 0 Å². The molecule has 2 fully saturated rings. The molecule has 0 bridgehead atoms. The van der Waals surface area contributed by atoms with Crippen LogP contribution in [0.1, 0.15) is 26.2 Å². The van der Waals surface area contributed by atoms with Gasteiger partial charge in [0, 0.05) is 45.0 Å². The highest BCUT2D eigenvalue weighted by atomic mass is 19.1. The predicted octanol–water partition coefficient (Wildman–Crippen LogP) is 2.20. The van der Waals surface area contributed by atoms with Crippen molar-refractivity contribution in [1.29, 1.82) is 0 Å². The first kappa shape index (κ1) is 20.9. The highest BCUT2D eigenvalue weighted by Gasteiger charge is 2.23. The van der Waals surface area contributed by atoms with Gasteiger partial charge in [0.1, 0.15) is 5.82 Å². The lowest BCUT2D eigenvalue weighted by Gasteiger charge is -2.37. The smallest absolute Gasteiger partial charge is 0.320 e. The van der Waals surface area contributed by atoms with Crippen molar-refractivity contribution in [3.8, 4) is 0 Å². The van der Waals surface area contributed by atoms with Gasteiger partial charge in [-0.05, 0) is 56.8 Å². The van der Waals surface area contributed by atoms with Crippen molar-refractivity contribution in [1.82, 2.24) is 9.80 Å². The van der Waals surface area contributed by atoms with Gasteiger partial charge >= 0.3 is 5.97 Å². The van der Waals surface area contributed by atoms with Crippen LogP contribution in [0.3, 0.4) is 0 Å². The number of hydrogen-bond donors (Lipinski definition) is 1. The molecule has 2 saturated heterocycles. The normalized spacial score (nSPS) is 19.7. The maximum atomic E-state index is 14.1. The second-order valence-corrected chi connectivity index (χ2v) is 7.85. The maximum absolute atomic E-state index is 14.1. The Morgan fingerprint density at radius 3 is 2.46 bits per heavy atom. The minimum Gasteiger partial charge on any atom is -0.465 e. The summed E-state index contributed by atoms with van der Waals surface area (Å²) in [4.78, 5) is 18.4. The summed E-state index contributed by atoms with van der Waals surface area (Å²) in [5.41, 5.74) is 6.79. The molecule has 28 heavy (non-hydrogen) atoms. The fourth-order valence-corrected chi connectivity index (χ4v) is 4.17. The number of hydrogen-bond acceptors (Lipinski definition) is 6. The molecule has 0 amide bonds. The van der Waals surface area contributed by atoms with E-state index in [1.165, 1.54) is 12.5 Å². The first-order valence-corrected chi connectivity index (χ1v) is 10.5. The van der Waals surface area contributed by atoms with Gasteiger partial charge in [-0.1, -0.05) is 0 Å². The third-order valence-corrected chi connectivity index (χ3v) is 5.90. The number of nitrogens with two attached hydrogens (primary N) is 1. The Balaban J connectivity index is 1.34. The van der Waals surface area contributed by atoms with E-state index in [0.29, 0.717) is 30.4 Å². The van der Waals surface area contributed by atoms with Crippen LogP contribution in [0.15, 0.2) is 18.2 Å². The van der Waals surface area contributed by atoms with E-state index in [4.69, 9.17) is 10.5 Å². The zero-order chi connectivity index (χ0) is 19.9. The molecular weight excluding hydrogens is 359 g/mol. The molecule has 6 nitrogen and oxygen atoms in total. The number of esters is 1. The van der Waals surface area contributed by atoms with Crippen LogP contribution < -0.4 is 10.6 Å². The Kier molecular flexibility index (Phi) is 7.50. The summed E-state index contributed by atoms with van der Waals surface area (Å²) in [6.07, 6.45) is 3.40. The van der Waals surface area contributed by atoms with Gasteiger partial charge in [-0.25, -0.2) is 4.39 Å². The number of piperidine rings is 1. The van der Waals surface area contributed by atoms with Crippen LogP contribution in [0.5, 0.6) is 0 Å². The monoisotopic (exact) mass is 392 g/mol. The average molecular weight is 393 g/mol. The van der Waals surface area contributed by atoms with Crippen LogP contribution in [0, 0.1) is 11.7 Å². The molecule has 0 atom stereocenters. The third kappa shape index (κ3) is 5.82. The van der Waals surface area contributed by atoms with Crippen molar-refractivity contribution in [3.63, 3.8) is 0 Å². The van der Waals surface area contributed by atoms with E-state index in [-0.39, 0.29) is 11.8 Å². The predicted molar refractivity (Wildman–Crippen MR) is 110 cm³/mol. The number of halogens is 1. The summed E-state index contributed by atoms with van der Waals surface area (Å²) in [5, 5.41) is 0. The van der Waals surface area contributed by atoms with Gasteiger partial charge in [-0.3, -0.25) is 9.69 Å². The largest absolute Gasteiger partial charge is 0.465 e. The summed E-state index contributed by atoms with van der Waals surface area (Å²) >= 11 is 0. The lowest BCUT2D eigenvalue weighted by molar-refractivity contribution is -0.144. The number of piperazine rings is 1. The lowest BCUT2D eigenvalue weighted by Crippen LogP contribution is -2.48. The van der Waals surface area contributed by atoms with Crippen LogP contribution in [-0.4, -0.2) is 74.7 Å². The number of rotatable bonds is 7. The molecule has 3 rings (SSSR count). The van der Waals surface area contributed by atoms with Gasteiger partial charge in [-0.2, -0.15) is 0 Å². The SMILES string of the molecule is CCOC(=O)CN1CCN(CCC2CCN(c3ccc(N)cc3F)CC2)CC1. The van der Waals surface area contributed by atoms with E-state index in [0.717, 1.165) is 58.7 Å². The molecule has 2 aliphatic heterocycles. The second-order valence-electron chi connectivity index (χ2n) is 7.85. The summed E-state index contributed by atoms with van der Waals surface area (Å²) < 4.78 is 19.1. The second kappa shape index (κ2) is 10.1. The minimum absolute atomic E-state index is 0.125. The standard InChI is InChI=1S/C21H33FN4O2/c1-2-28-21(27)16-25-13-11-24(12-14-25)8-5-17-6-9-26(10-7-17)20-4-3-18(23)15-19(20)22/h3-4,15,17H,2,5-14,16,23H2,1H3. The van der Waals surface area contributed by atoms with E-state index in [2.05, 4.69) is 14.7 Å². The van der Waals surface area contributed by atoms with Crippen molar-refractivity contribution < 1.29 is 13.9 Å². The number of ether oxygens (including phenoxy) is 1. The first-order valence-electron chi connectivity index (χ1n) is 10.5. The van der Waals surface area contributed by atoms with Crippen LogP contribution in [0.2, 0.25) is 0 Å². The highest BCUT2D eigenvalue weighted by Crippen LogP contribution is 2.28. The molecule has 2 aliphatic rings. The topological polar surface area (TPSA) is 62.0 Å². The molecule has 2 N–H and O–H groups in total. The van der Waals surface area contributed by atoms with Crippen molar-refractivity contribution in [2.75, 3.05) is 69.6 Å². The first-order chi connectivity index (χ1) is 13.5. The molecule has 0 spiro atoms. The molecular formula is C21H33FN4O2. The van der Waals surface area contributed by atoms with Gasteiger partial charge in [0.05, 0.1) is 18.8 Å². The Bertz CT molecular complexity index is 641. The van der Waals surface area contributed by atoms with Crippen molar-refractivity contribution >= 4 is 17.3 Å².